The lowest BCUT2D eigenvalue weighted by Gasteiger charge is -2.46. The van der Waals surface area contributed by atoms with Crippen LogP contribution in [0, 0.1) is 0 Å². The first-order chi connectivity index (χ1) is 17.7. The number of hydrogen-bond donors (Lipinski definition) is 13. The predicted octanol–water partition coefficient (Wildman–Crippen LogP) is -7.82. The maximum absolute atomic E-state index is 11.0. The molecule has 0 amide bonds. The van der Waals surface area contributed by atoms with Crippen LogP contribution >= 0.6 is 7.82 Å². The van der Waals surface area contributed by atoms with Crippen molar-refractivity contribution in [2.75, 3.05) is 26.4 Å². The minimum atomic E-state index is -5.05. The van der Waals surface area contributed by atoms with E-state index in [2.05, 4.69) is 4.52 Å². The Kier molecular flexibility index (Phi) is 12.8. The summed E-state index contributed by atoms with van der Waals surface area (Å²) in [5, 5.41) is 109. The van der Waals surface area contributed by atoms with Crippen LogP contribution in [-0.4, -0.2) is 178 Å². The summed E-state index contributed by atoms with van der Waals surface area (Å²) >= 11 is 0. The molecule has 0 bridgehead atoms. The van der Waals surface area contributed by atoms with Gasteiger partial charge < -0.3 is 84.9 Å². The minimum Gasteiger partial charge on any atom is -0.394 e. The fraction of sp³-hybridized carbons (Fsp3) is 1.00. The van der Waals surface area contributed by atoms with Crippen LogP contribution in [0.1, 0.15) is 0 Å². The highest BCUT2D eigenvalue weighted by Gasteiger charge is 2.52. The van der Waals surface area contributed by atoms with Gasteiger partial charge in [0.15, 0.2) is 12.6 Å². The lowest BCUT2D eigenvalue weighted by atomic mass is 9.97. The maximum Gasteiger partial charge on any atom is 0.469 e. The number of phosphoric acid groups is 1. The van der Waals surface area contributed by atoms with Gasteiger partial charge in [-0.1, -0.05) is 0 Å². The number of ether oxygens (including phenoxy) is 4. The van der Waals surface area contributed by atoms with Crippen LogP contribution in [0.3, 0.4) is 0 Å². The number of hydrogen-bond acceptors (Lipinski definition) is 17. The van der Waals surface area contributed by atoms with Gasteiger partial charge in [0.1, 0.15) is 73.2 Å². The first-order valence-electron chi connectivity index (χ1n) is 11.3. The number of phosphoric ester groups is 1. The zero-order valence-corrected chi connectivity index (χ0v) is 20.5. The molecule has 2 saturated heterocycles. The Morgan fingerprint density at radius 3 is 1.84 bits per heavy atom. The lowest BCUT2D eigenvalue weighted by molar-refractivity contribution is -0.375. The molecule has 14 atom stereocenters. The first kappa shape index (κ1) is 33.7. The van der Waals surface area contributed by atoms with Gasteiger partial charge in [0.2, 0.25) is 0 Å². The van der Waals surface area contributed by atoms with E-state index in [-0.39, 0.29) is 0 Å². The number of aliphatic hydroxyl groups is 11. The van der Waals surface area contributed by atoms with Crippen molar-refractivity contribution in [1.29, 1.82) is 0 Å². The van der Waals surface area contributed by atoms with E-state index in [0.29, 0.717) is 0 Å². The smallest absolute Gasteiger partial charge is 0.394 e. The summed E-state index contributed by atoms with van der Waals surface area (Å²) in [4.78, 5) is 17.7. The highest BCUT2D eigenvalue weighted by Crippen LogP contribution is 2.37. The van der Waals surface area contributed by atoms with E-state index in [0.717, 1.165) is 0 Å². The molecule has 0 saturated carbocycles. The Morgan fingerprint density at radius 1 is 0.737 bits per heavy atom. The van der Waals surface area contributed by atoms with Gasteiger partial charge in [-0.15, -0.1) is 0 Å². The summed E-state index contributed by atoms with van der Waals surface area (Å²) in [6.07, 6.45) is -26.6. The molecule has 2 heterocycles. The zero-order valence-electron chi connectivity index (χ0n) is 19.6. The molecule has 0 aliphatic carbocycles. The Morgan fingerprint density at radius 2 is 1.32 bits per heavy atom. The minimum absolute atomic E-state index is 0.877. The summed E-state index contributed by atoms with van der Waals surface area (Å²) in [5.74, 6) is 0. The Bertz CT molecular complexity index is 755. The third kappa shape index (κ3) is 8.27. The van der Waals surface area contributed by atoms with Crippen LogP contribution in [0.4, 0.5) is 0 Å². The molecule has 2 aliphatic rings. The summed E-state index contributed by atoms with van der Waals surface area (Å²) in [7, 11) is -5.05. The van der Waals surface area contributed by atoms with Gasteiger partial charge in [-0.05, 0) is 0 Å². The molecule has 13 N–H and O–H groups in total. The molecule has 0 aromatic carbocycles. The van der Waals surface area contributed by atoms with Gasteiger partial charge in [-0.3, -0.25) is 4.52 Å². The quantitative estimate of drug-likeness (QED) is 0.0891. The van der Waals surface area contributed by atoms with Gasteiger partial charge in [0, 0.05) is 0 Å². The van der Waals surface area contributed by atoms with Crippen LogP contribution in [0.25, 0.3) is 0 Å². The number of aliphatic hydroxyl groups excluding tert-OH is 11. The van der Waals surface area contributed by atoms with E-state index in [4.69, 9.17) is 33.8 Å². The molecule has 20 heteroatoms. The second-order valence-electron chi connectivity index (χ2n) is 8.70. The SMILES string of the molecule is O=P(O)(O)OC[C@H]1O[C@H](O[C@@H]2[C@@H](O[C@H](CO)[C@@H](O)[C@H](O)[C@H](O)CO)O[C@H](CO)[C@@H](O)[C@@H]2O)[C@@H](O)[C@@H](O)[C@@H]1O. The second kappa shape index (κ2) is 14.4. The molecule has 38 heavy (non-hydrogen) atoms. The molecule has 0 aromatic rings. The summed E-state index contributed by atoms with van der Waals surface area (Å²) in [5.41, 5.74) is 0. The van der Waals surface area contributed by atoms with Gasteiger partial charge in [-0.2, -0.15) is 0 Å². The normalized spacial score (nSPS) is 39.9. The van der Waals surface area contributed by atoms with Crippen molar-refractivity contribution >= 4 is 7.82 Å². The van der Waals surface area contributed by atoms with Crippen molar-refractivity contribution in [3.05, 3.63) is 0 Å². The summed E-state index contributed by atoms with van der Waals surface area (Å²) in [6.45, 7) is -3.88. The van der Waals surface area contributed by atoms with Crippen LogP contribution in [0.15, 0.2) is 0 Å². The van der Waals surface area contributed by atoms with Gasteiger partial charge in [0.05, 0.1) is 26.4 Å². The van der Waals surface area contributed by atoms with Crippen LogP contribution in [-0.2, 0) is 28.0 Å². The Labute approximate surface area is 214 Å². The van der Waals surface area contributed by atoms with E-state index in [1.807, 2.05) is 0 Å². The Hall–Kier alpha value is -0.490. The fourth-order valence-corrected chi connectivity index (χ4v) is 4.10. The standard InChI is InChI=1S/C18H35O19P/c19-1-5(22)9(23)10(24)6(2-20)34-18-16(14(28)11(25)7(3-21)35-18)37-17-15(29)13(27)12(26)8(36-17)4-33-38(30,31)32/h5-29H,1-4H2,(H2,30,31,32)/t5-,6-,7-,8-,9-,10-,11-,12-,13+,14+,15+,16+,17-,18+/m1/s1. The predicted molar refractivity (Wildman–Crippen MR) is 114 cm³/mol. The second-order valence-corrected chi connectivity index (χ2v) is 9.94. The van der Waals surface area contributed by atoms with Crippen LogP contribution in [0.2, 0.25) is 0 Å². The molecular weight excluding hydrogens is 551 g/mol. The van der Waals surface area contributed by atoms with Crippen molar-refractivity contribution < 1.29 is 94.0 Å². The van der Waals surface area contributed by atoms with Crippen LogP contribution < -0.4 is 0 Å². The molecule has 2 fully saturated rings. The number of rotatable bonds is 13. The highest BCUT2D eigenvalue weighted by molar-refractivity contribution is 7.46. The van der Waals surface area contributed by atoms with Gasteiger partial charge in [-0.25, -0.2) is 4.57 Å². The highest BCUT2D eigenvalue weighted by atomic mass is 31.2. The van der Waals surface area contributed by atoms with Crippen LogP contribution in [0.5, 0.6) is 0 Å². The molecule has 19 nitrogen and oxygen atoms in total. The average Bonchev–Trinajstić information content (AvgIpc) is 2.88. The topological polar surface area (TPSA) is 326 Å². The molecule has 0 aromatic heterocycles. The molecule has 0 spiro atoms. The summed E-state index contributed by atoms with van der Waals surface area (Å²) in [6, 6.07) is 0. The average molecular weight is 586 g/mol. The fourth-order valence-electron chi connectivity index (χ4n) is 3.76. The van der Waals surface area contributed by atoms with E-state index in [1.54, 1.807) is 0 Å². The maximum atomic E-state index is 11.0. The molecule has 226 valence electrons. The molecule has 2 aliphatic heterocycles. The third-order valence-corrected chi connectivity index (χ3v) is 6.48. The van der Waals surface area contributed by atoms with E-state index >= 15 is 0 Å². The van der Waals surface area contributed by atoms with Crippen molar-refractivity contribution in [3.63, 3.8) is 0 Å². The largest absolute Gasteiger partial charge is 0.469 e. The molecule has 0 unspecified atom stereocenters. The van der Waals surface area contributed by atoms with Crippen molar-refractivity contribution in [1.82, 2.24) is 0 Å². The van der Waals surface area contributed by atoms with Crippen molar-refractivity contribution in [2.45, 2.75) is 85.8 Å². The zero-order chi connectivity index (χ0) is 28.9. The first-order valence-corrected chi connectivity index (χ1v) is 12.8. The molecular formula is C18H35O19P. The summed E-state index contributed by atoms with van der Waals surface area (Å²) < 4.78 is 36.6. The van der Waals surface area contributed by atoms with Crippen molar-refractivity contribution in [3.8, 4) is 0 Å². The third-order valence-electron chi connectivity index (χ3n) is 5.99. The molecule has 0 radical (unpaired) electrons. The van der Waals surface area contributed by atoms with E-state index in [1.165, 1.54) is 0 Å². The van der Waals surface area contributed by atoms with E-state index < -0.39 is 120 Å². The van der Waals surface area contributed by atoms with Gasteiger partial charge in [0.25, 0.3) is 0 Å². The monoisotopic (exact) mass is 586 g/mol. The Balaban J connectivity index is 2.27. The van der Waals surface area contributed by atoms with Crippen molar-refractivity contribution in [2.24, 2.45) is 0 Å². The molecule has 2 rings (SSSR count). The van der Waals surface area contributed by atoms with Gasteiger partial charge >= 0.3 is 7.82 Å². The van der Waals surface area contributed by atoms with E-state index in [9.17, 15) is 55.6 Å². The lowest BCUT2D eigenvalue weighted by Crippen LogP contribution is -2.65.